The summed E-state index contributed by atoms with van der Waals surface area (Å²) in [5.74, 6) is 2.97. The standard InChI is InChI=1S/C21H24N4O3/c1-12-9-22-20(23-12)21(26)25-10-15(14-2-3-16-17(8-14)28-11-27-16)19-18(25)13-4-6-24(19)7-5-13/h2-3,8-9,13,15,18-19H,4-7,10-11H2,1H3,(H,22,23)/t15-,18-,19-/m1/s1. The molecule has 146 valence electrons. The van der Waals surface area contributed by atoms with Gasteiger partial charge in [-0.25, -0.2) is 4.98 Å². The summed E-state index contributed by atoms with van der Waals surface area (Å²) >= 11 is 0. The Morgan fingerprint density at radius 1 is 1.18 bits per heavy atom. The molecule has 5 aliphatic heterocycles. The number of aryl methyl sites for hydroxylation is 1. The van der Waals surface area contributed by atoms with Gasteiger partial charge in [-0.3, -0.25) is 9.69 Å². The molecule has 0 saturated carbocycles. The number of carbonyl (C=O) groups is 1. The summed E-state index contributed by atoms with van der Waals surface area (Å²) in [4.78, 5) is 25.5. The minimum Gasteiger partial charge on any atom is -0.454 e. The first-order valence-corrected chi connectivity index (χ1v) is 10.2. The Kier molecular flexibility index (Phi) is 3.50. The quantitative estimate of drug-likeness (QED) is 0.865. The Balaban J connectivity index is 1.38. The molecule has 4 saturated heterocycles. The van der Waals surface area contributed by atoms with Crippen LogP contribution in [-0.4, -0.2) is 64.2 Å². The number of aromatic nitrogens is 2. The number of hydrogen-bond acceptors (Lipinski definition) is 5. The molecule has 2 bridgehead atoms. The monoisotopic (exact) mass is 380 g/mol. The van der Waals surface area contributed by atoms with Gasteiger partial charge in [0, 0.05) is 30.4 Å². The number of benzene rings is 1. The third-order valence-electron chi connectivity index (χ3n) is 6.99. The van der Waals surface area contributed by atoms with Gasteiger partial charge < -0.3 is 19.4 Å². The molecule has 0 unspecified atom stereocenters. The Bertz CT molecular complexity index is 933. The van der Waals surface area contributed by atoms with Crippen molar-refractivity contribution in [3.8, 4) is 11.5 Å². The summed E-state index contributed by atoms with van der Waals surface area (Å²) in [6, 6.07) is 6.88. The molecule has 1 aromatic heterocycles. The lowest BCUT2D eigenvalue weighted by atomic mass is 9.75. The average Bonchev–Trinajstić information content (AvgIpc) is 3.46. The van der Waals surface area contributed by atoms with E-state index in [0.717, 1.165) is 36.8 Å². The van der Waals surface area contributed by atoms with Crippen LogP contribution in [0.1, 0.15) is 40.6 Å². The van der Waals surface area contributed by atoms with Gasteiger partial charge in [0.05, 0.1) is 6.04 Å². The number of imidazole rings is 1. The molecule has 1 aromatic carbocycles. The molecule has 5 aliphatic rings. The lowest BCUT2D eigenvalue weighted by molar-refractivity contribution is -0.00375. The van der Waals surface area contributed by atoms with E-state index in [1.54, 1.807) is 6.20 Å². The van der Waals surface area contributed by atoms with Crippen LogP contribution in [0.15, 0.2) is 24.4 Å². The van der Waals surface area contributed by atoms with E-state index in [0.29, 0.717) is 17.8 Å². The smallest absolute Gasteiger partial charge is 0.289 e. The van der Waals surface area contributed by atoms with Crippen LogP contribution in [0.2, 0.25) is 0 Å². The fraction of sp³-hybridized carbons (Fsp3) is 0.524. The number of amides is 1. The Morgan fingerprint density at radius 2 is 2.00 bits per heavy atom. The molecule has 0 spiro atoms. The average molecular weight is 380 g/mol. The first kappa shape index (κ1) is 16.4. The fourth-order valence-electron chi connectivity index (χ4n) is 5.75. The van der Waals surface area contributed by atoms with Crippen molar-refractivity contribution in [3.05, 3.63) is 41.5 Å². The molecular formula is C21H24N4O3. The highest BCUT2D eigenvalue weighted by Crippen LogP contribution is 2.48. The number of nitrogens with zero attached hydrogens (tertiary/aromatic N) is 3. The molecule has 0 radical (unpaired) electrons. The summed E-state index contributed by atoms with van der Waals surface area (Å²) in [5, 5.41) is 0. The normalized spacial score (nSPS) is 32.6. The van der Waals surface area contributed by atoms with E-state index in [1.165, 1.54) is 18.4 Å². The van der Waals surface area contributed by atoms with Gasteiger partial charge in [0.2, 0.25) is 6.79 Å². The molecule has 7 heteroatoms. The maximum Gasteiger partial charge on any atom is 0.289 e. The molecule has 7 nitrogen and oxygen atoms in total. The third kappa shape index (κ3) is 2.32. The number of likely N-dealkylation sites (tertiary alicyclic amines) is 1. The van der Waals surface area contributed by atoms with Crippen LogP contribution in [0.3, 0.4) is 0 Å². The first-order chi connectivity index (χ1) is 13.7. The molecule has 1 amide bonds. The van der Waals surface area contributed by atoms with E-state index >= 15 is 0 Å². The highest BCUT2D eigenvalue weighted by Gasteiger charge is 2.55. The molecule has 0 aliphatic carbocycles. The highest BCUT2D eigenvalue weighted by atomic mass is 16.7. The summed E-state index contributed by atoms with van der Waals surface area (Å²) in [6.45, 7) is 5.20. The molecule has 6 heterocycles. The first-order valence-electron chi connectivity index (χ1n) is 10.2. The third-order valence-corrected chi connectivity index (χ3v) is 6.99. The minimum atomic E-state index is 0.0279. The second-order valence-electron chi connectivity index (χ2n) is 8.45. The number of aromatic amines is 1. The van der Waals surface area contributed by atoms with Crippen LogP contribution in [0.4, 0.5) is 0 Å². The fourth-order valence-corrected chi connectivity index (χ4v) is 5.75. The maximum atomic E-state index is 13.3. The summed E-state index contributed by atoms with van der Waals surface area (Å²) in [6.07, 6.45) is 4.08. The second kappa shape index (κ2) is 5.98. The summed E-state index contributed by atoms with van der Waals surface area (Å²) in [7, 11) is 0. The number of ether oxygens (including phenoxy) is 2. The van der Waals surface area contributed by atoms with E-state index < -0.39 is 0 Å². The number of hydrogen-bond donors (Lipinski definition) is 1. The Labute approximate surface area is 163 Å². The van der Waals surface area contributed by atoms with Gasteiger partial charge in [-0.15, -0.1) is 0 Å². The molecule has 7 rings (SSSR count). The van der Waals surface area contributed by atoms with Gasteiger partial charge in [-0.05, 0) is 56.5 Å². The van der Waals surface area contributed by atoms with Crippen molar-refractivity contribution in [3.63, 3.8) is 0 Å². The number of carbonyl (C=O) groups excluding carboxylic acids is 1. The number of piperidine rings is 3. The van der Waals surface area contributed by atoms with Gasteiger partial charge in [0.15, 0.2) is 17.3 Å². The zero-order valence-corrected chi connectivity index (χ0v) is 15.9. The molecule has 4 fully saturated rings. The van der Waals surface area contributed by atoms with Gasteiger partial charge in [0.25, 0.3) is 5.91 Å². The van der Waals surface area contributed by atoms with Crippen molar-refractivity contribution in [2.75, 3.05) is 26.4 Å². The van der Waals surface area contributed by atoms with Crippen molar-refractivity contribution in [2.24, 2.45) is 5.92 Å². The minimum absolute atomic E-state index is 0.0279. The van der Waals surface area contributed by atoms with Crippen LogP contribution in [0.5, 0.6) is 11.5 Å². The number of nitrogens with one attached hydrogen (secondary N) is 1. The number of rotatable bonds is 2. The van der Waals surface area contributed by atoms with Gasteiger partial charge in [-0.2, -0.15) is 0 Å². The van der Waals surface area contributed by atoms with Crippen molar-refractivity contribution in [1.29, 1.82) is 0 Å². The van der Waals surface area contributed by atoms with Crippen LogP contribution < -0.4 is 9.47 Å². The van der Waals surface area contributed by atoms with Crippen LogP contribution in [-0.2, 0) is 0 Å². The SMILES string of the molecule is Cc1cnc(C(=O)N2C[C@H](c3ccc4c(c3)OCO4)[C@@H]3[C@H]2C2CCN3CC2)[nH]1. The molecule has 3 atom stereocenters. The number of H-pyrrole nitrogens is 1. The van der Waals surface area contributed by atoms with Crippen molar-refractivity contribution in [2.45, 2.75) is 37.8 Å². The Morgan fingerprint density at radius 3 is 2.79 bits per heavy atom. The largest absolute Gasteiger partial charge is 0.454 e. The lowest BCUT2D eigenvalue weighted by Gasteiger charge is -2.51. The van der Waals surface area contributed by atoms with E-state index in [9.17, 15) is 4.79 Å². The Hall–Kier alpha value is -2.54. The summed E-state index contributed by atoms with van der Waals surface area (Å²) < 4.78 is 11.1. The van der Waals surface area contributed by atoms with E-state index in [4.69, 9.17) is 9.47 Å². The van der Waals surface area contributed by atoms with E-state index in [2.05, 4.69) is 31.9 Å². The van der Waals surface area contributed by atoms with E-state index in [-0.39, 0.29) is 24.7 Å². The molecule has 28 heavy (non-hydrogen) atoms. The van der Waals surface area contributed by atoms with Crippen LogP contribution >= 0.6 is 0 Å². The van der Waals surface area contributed by atoms with Gasteiger partial charge >= 0.3 is 0 Å². The molecule has 1 N–H and O–H groups in total. The predicted octanol–water partition coefficient (Wildman–Crippen LogP) is 2.15. The lowest BCUT2D eigenvalue weighted by Crippen LogP contribution is -2.60. The molecular weight excluding hydrogens is 356 g/mol. The van der Waals surface area contributed by atoms with Crippen molar-refractivity contribution >= 4 is 5.91 Å². The van der Waals surface area contributed by atoms with Gasteiger partial charge in [0.1, 0.15) is 0 Å². The summed E-state index contributed by atoms with van der Waals surface area (Å²) in [5.41, 5.74) is 2.15. The van der Waals surface area contributed by atoms with Crippen LogP contribution in [0.25, 0.3) is 0 Å². The zero-order valence-electron chi connectivity index (χ0n) is 15.9. The van der Waals surface area contributed by atoms with Crippen molar-refractivity contribution in [1.82, 2.24) is 19.8 Å². The predicted molar refractivity (Wildman–Crippen MR) is 102 cm³/mol. The highest BCUT2D eigenvalue weighted by molar-refractivity contribution is 5.91. The van der Waals surface area contributed by atoms with Gasteiger partial charge in [-0.1, -0.05) is 6.07 Å². The number of fused-ring (bicyclic) bond motifs is 3. The topological polar surface area (TPSA) is 70.7 Å². The second-order valence-corrected chi connectivity index (χ2v) is 8.45. The van der Waals surface area contributed by atoms with Crippen molar-refractivity contribution < 1.29 is 14.3 Å². The molecule has 2 aromatic rings. The zero-order chi connectivity index (χ0) is 18.8. The maximum absolute atomic E-state index is 13.3. The van der Waals surface area contributed by atoms with Crippen LogP contribution in [0, 0.1) is 12.8 Å². The van der Waals surface area contributed by atoms with E-state index in [1.807, 2.05) is 13.0 Å².